The summed E-state index contributed by atoms with van der Waals surface area (Å²) in [5.41, 5.74) is -7.06. The molecule has 0 bridgehead atoms. The number of benzene rings is 2. The molecule has 1 atom stereocenters. The third kappa shape index (κ3) is 5.22. The summed E-state index contributed by atoms with van der Waals surface area (Å²) in [5, 5.41) is 2.72. The fourth-order valence-electron chi connectivity index (χ4n) is 2.55. The zero-order valence-electron chi connectivity index (χ0n) is 15.7. The van der Waals surface area contributed by atoms with Gasteiger partial charge in [-0.15, -0.1) is 0 Å². The van der Waals surface area contributed by atoms with Crippen molar-refractivity contribution in [1.82, 2.24) is 5.32 Å². The van der Waals surface area contributed by atoms with E-state index in [0.717, 1.165) is 18.2 Å². The molecular formula is C19H15ClF6N2O3. The number of ether oxygens (including phenoxy) is 1. The van der Waals surface area contributed by atoms with Crippen LogP contribution in [-0.2, 0) is 15.7 Å². The molecule has 5 nitrogen and oxygen atoms in total. The van der Waals surface area contributed by atoms with Crippen LogP contribution in [0.3, 0.4) is 0 Å². The highest BCUT2D eigenvalue weighted by molar-refractivity contribution is 6.33. The first-order valence-corrected chi connectivity index (χ1v) is 8.96. The molecule has 31 heavy (non-hydrogen) atoms. The van der Waals surface area contributed by atoms with E-state index < -0.39 is 53.3 Å². The molecular weight excluding hydrogens is 454 g/mol. The SMILES string of the molecule is CCOC(=O)[C@@](NC(=O)c1ccccc1Cl)(Nc1ccccc1C(F)(F)F)C(F)(F)F. The van der Waals surface area contributed by atoms with Crippen LogP contribution in [0.4, 0.5) is 32.0 Å². The molecule has 0 saturated carbocycles. The summed E-state index contributed by atoms with van der Waals surface area (Å²) < 4.78 is 86.8. The first-order chi connectivity index (χ1) is 14.3. The molecule has 0 aliphatic rings. The molecule has 0 fully saturated rings. The molecule has 168 valence electrons. The Kier molecular flexibility index (Phi) is 7.10. The van der Waals surface area contributed by atoms with Gasteiger partial charge in [-0.05, 0) is 31.2 Å². The van der Waals surface area contributed by atoms with Crippen molar-refractivity contribution in [2.24, 2.45) is 0 Å². The summed E-state index contributed by atoms with van der Waals surface area (Å²) in [5.74, 6) is -3.52. The second-order valence-corrected chi connectivity index (χ2v) is 6.48. The van der Waals surface area contributed by atoms with Gasteiger partial charge < -0.3 is 15.4 Å². The standard InChI is InChI=1S/C19H15ClF6N2O3/c1-2-31-16(30)17(19(24,25)26,28-15(29)11-7-3-5-9-13(11)20)27-14-10-6-4-8-12(14)18(21,22)23/h3-10,27H,2H2,1H3,(H,28,29)/t17-/m0/s1. The third-order valence-electron chi connectivity index (χ3n) is 3.98. The van der Waals surface area contributed by atoms with Crippen LogP contribution in [0.2, 0.25) is 5.02 Å². The lowest BCUT2D eigenvalue weighted by atomic mass is 10.1. The van der Waals surface area contributed by atoms with Crippen LogP contribution in [0, 0.1) is 0 Å². The Labute approximate surface area is 177 Å². The van der Waals surface area contributed by atoms with Crippen LogP contribution >= 0.6 is 11.6 Å². The number of halogens is 7. The minimum Gasteiger partial charge on any atom is -0.463 e. The predicted molar refractivity (Wildman–Crippen MR) is 99.4 cm³/mol. The predicted octanol–water partition coefficient (Wildman–Crippen LogP) is 5.02. The molecule has 12 heteroatoms. The zero-order chi connectivity index (χ0) is 23.4. The lowest BCUT2D eigenvalue weighted by molar-refractivity contribution is -0.204. The van der Waals surface area contributed by atoms with Crippen LogP contribution in [0.5, 0.6) is 0 Å². The Morgan fingerprint density at radius 2 is 1.55 bits per heavy atom. The van der Waals surface area contributed by atoms with E-state index in [4.69, 9.17) is 11.6 Å². The number of amides is 1. The van der Waals surface area contributed by atoms with E-state index in [1.165, 1.54) is 35.8 Å². The van der Waals surface area contributed by atoms with Crippen molar-refractivity contribution < 1.29 is 40.7 Å². The van der Waals surface area contributed by atoms with Gasteiger partial charge in [0, 0.05) is 5.69 Å². The van der Waals surface area contributed by atoms with E-state index in [1.807, 2.05) is 0 Å². The van der Waals surface area contributed by atoms with Crippen molar-refractivity contribution in [2.45, 2.75) is 24.9 Å². The summed E-state index contributed by atoms with van der Waals surface area (Å²) in [6, 6.07) is 8.17. The van der Waals surface area contributed by atoms with Gasteiger partial charge >= 0.3 is 24.0 Å². The number of rotatable bonds is 6. The number of carbonyl (C=O) groups excluding carboxylic acids is 2. The molecule has 0 unspecified atom stereocenters. The molecule has 2 N–H and O–H groups in total. The average molecular weight is 469 g/mol. The van der Waals surface area contributed by atoms with Crippen molar-refractivity contribution >= 4 is 29.2 Å². The van der Waals surface area contributed by atoms with E-state index in [0.29, 0.717) is 12.1 Å². The molecule has 2 aromatic rings. The lowest BCUT2D eigenvalue weighted by Crippen LogP contribution is -2.69. The van der Waals surface area contributed by atoms with Gasteiger partial charge in [-0.2, -0.15) is 26.3 Å². The number of esters is 1. The van der Waals surface area contributed by atoms with Crippen molar-refractivity contribution in [1.29, 1.82) is 0 Å². The van der Waals surface area contributed by atoms with Crippen LogP contribution < -0.4 is 10.6 Å². The van der Waals surface area contributed by atoms with E-state index in [-0.39, 0.29) is 5.02 Å². The van der Waals surface area contributed by atoms with Gasteiger partial charge in [0.25, 0.3) is 5.91 Å². The first-order valence-electron chi connectivity index (χ1n) is 8.59. The molecule has 0 heterocycles. The van der Waals surface area contributed by atoms with Crippen LogP contribution in [0.1, 0.15) is 22.8 Å². The Morgan fingerprint density at radius 1 is 0.968 bits per heavy atom. The second-order valence-electron chi connectivity index (χ2n) is 6.07. The highest BCUT2D eigenvalue weighted by atomic mass is 35.5. The highest BCUT2D eigenvalue weighted by Gasteiger charge is 2.64. The topological polar surface area (TPSA) is 67.4 Å². The van der Waals surface area contributed by atoms with Gasteiger partial charge in [0.15, 0.2) is 0 Å². The summed E-state index contributed by atoms with van der Waals surface area (Å²) in [6.45, 7) is 0.653. The number of anilines is 1. The number of hydrogen-bond donors (Lipinski definition) is 2. The van der Waals surface area contributed by atoms with Crippen molar-refractivity contribution in [2.75, 3.05) is 11.9 Å². The minimum atomic E-state index is -5.62. The molecule has 0 aliphatic carbocycles. The van der Waals surface area contributed by atoms with Gasteiger partial charge in [-0.1, -0.05) is 35.9 Å². The molecule has 0 aromatic heterocycles. The Bertz CT molecular complexity index is 964. The molecule has 2 rings (SSSR count). The number of para-hydroxylation sites is 1. The maximum Gasteiger partial charge on any atom is 0.441 e. The smallest absolute Gasteiger partial charge is 0.441 e. The van der Waals surface area contributed by atoms with E-state index in [9.17, 15) is 35.9 Å². The van der Waals surface area contributed by atoms with Crippen molar-refractivity contribution in [3.63, 3.8) is 0 Å². The van der Waals surface area contributed by atoms with Crippen molar-refractivity contribution in [3.8, 4) is 0 Å². The van der Waals surface area contributed by atoms with Gasteiger partial charge in [-0.25, -0.2) is 4.79 Å². The van der Waals surface area contributed by atoms with Gasteiger partial charge in [-0.3, -0.25) is 4.79 Å². The molecule has 0 spiro atoms. The minimum absolute atomic E-state index is 0.240. The molecule has 0 saturated heterocycles. The van der Waals surface area contributed by atoms with Crippen LogP contribution in [-0.4, -0.2) is 30.3 Å². The van der Waals surface area contributed by atoms with Crippen molar-refractivity contribution in [3.05, 3.63) is 64.7 Å². The second kappa shape index (κ2) is 9.04. The number of hydrogen-bond acceptors (Lipinski definition) is 4. The fraction of sp³-hybridized carbons (Fsp3) is 0.263. The van der Waals surface area contributed by atoms with Gasteiger partial charge in [0.2, 0.25) is 0 Å². The summed E-state index contributed by atoms with van der Waals surface area (Å²) in [6.07, 6.45) is -10.7. The summed E-state index contributed by atoms with van der Waals surface area (Å²) in [7, 11) is 0. The Morgan fingerprint density at radius 3 is 2.10 bits per heavy atom. The molecule has 1 amide bonds. The number of nitrogens with one attached hydrogen (secondary N) is 2. The maximum atomic E-state index is 14.1. The quantitative estimate of drug-likeness (QED) is 0.355. The number of carbonyl (C=O) groups is 2. The monoisotopic (exact) mass is 468 g/mol. The first kappa shape index (κ1) is 24.3. The Hall–Kier alpha value is -2.95. The van der Waals surface area contributed by atoms with E-state index >= 15 is 0 Å². The van der Waals surface area contributed by atoms with Gasteiger partial charge in [0.1, 0.15) is 0 Å². The van der Waals surface area contributed by atoms with Crippen LogP contribution in [0.25, 0.3) is 0 Å². The molecule has 0 aliphatic heterocycles. The lowest BCUT2D eigenvalue weighted by Gasteiger charge is -2.36. The fourth-order valence-corrected chi connectivity index (χ4v) is 2.78. The van der Waals surface area contributed by atoms with Gasteiger partial charge in [0.05, 0.1) is 22.8 Å². The third-order valence-corrected chi connectivity index (χ3v) is 4.31. The highest BCUT2D eigenvalue weighted by Crippen LogP contribution is 2.39. The van der Waals surface area contributed by atoms with E-state index in [2.05, 4.69) is 4.74 Å². The average Bonchev–Trinajstić information content (AvgIpc) is 2.66. The largest absolute Gasteiger partial charge is 0.463 e. The summed E-state index contributed by atoms with van der Waals surface area (Å²) >= 11 is 5.82. The molecule has 0 radical (unpaired) electrons. The zero-order valence-corrected chi connectivity index (χ0v) is 16.5. The molecule has 2 aromatic carbocycles. The van der Waals surface area contributed by atoms with Crippen LogP contribution in [0.15, 0.2) is 48.5 Å². The maximum absolute atomic E-state index is 14.1. The normalized spacial score (nSPS) is 13.8. The number of alkyl halides is 6. The summed E-state index contributed by atoms with van der Waals surface area (Å²) in [4.78, 5) is 24.9. The Balaban J connectivity index is 2.64. The van der Waals surface area contributed by atoms with E-state index in [1.54, 1.807) is 0 Å².